The van der Waals surface area contributed by atoms with Crippen LogP contribution in [-0.2, 0) is 130 Å². The number of nitrogens with one attached hydrogen (secondary N) is 1. The molecule has 8 heterocycles. The Morgan fingerprint density at radius 3 is 1.23 bits per heavy atom. The molecule has 0 saturated heterocycles. The van der Waals surface area contributed by atoms with Crippen molar-refractivity contribution >= 4 is 213 Å². The molecule has 0 unspecified atom stereocenters. The van der Waals surface area contributed by atoms with E-state index in [9.17, 15) is 57.8 Å². The Kier molecular flexibility index (Phi) is 55.1. The number of aliphatic carboxylic acids is 1. The molecule has 6 aromatic carbocycles. The predicted octanol–water partition coefficient (Wildman–Crippen LogP) is 21.5. The van der Waals surface area contributed by atoms with Gasteiger partial charge in [-0.3, -0.25) is 28.8 Å². The number of aromatic carboxylic acids is 1. The summed E-state index contributed by atoms with van der Waals surface area (Å²) in [5.41, 5.74) is 24.0. The van der Waals surface area contributed by atoms with Gasteiger partial charge in [0.2, 0.25) is 0 Å². The summed E-state index contributed by atoms with van der Waals surface area (Å²) in [5.74, 6) is -0.824. The number of ether oxygens (including phenoxy) is 7. The van der Waals surface area contributed by atoms with Crippen molar-refractivity contribution in [3.63, 3.8) is 0 Å². The summed E-state index contributed by atoms with van der Waals surface area (Å²) in [4.78, 5) is 135. The summed E-state index contributed by atoms with van der Waals surface area (Å²) in [6.45, 7) is 26.3. The van der Waals surface area contributed by atoms with Gasteiger partial charge >= 0.3 is 87.0 Å². The fourth-order valence-electron chi connectivity index (χ4n) is 14.2. The SMILES string of the molecule is C#CC[C@H](C)C(=O)O.C#CC[C@H](C)C(=O)OC.CC(C)N=[N+]=[N-].COC(=O)[C@@H](C)Cc1cn(C(C)C)nn1.COC(=O)[C@@H](N)Cc1cn(C(C)C)nn1.COC(=O)c1c(Cl)cc2c(c1Cl)CCN(C(=O)OC(C)(C)C)C2.COC(=O)c1c(Cl)cc2c(c1Cl)CCN(C(=O)c1ccc3ccoc3c1)C2.COC(=O)c1c(Cl)cc2c(c1Cl)CCNC2.Cl.O=C(O)c1c(Cl)cc2c(c1Cl)CCN(C(=O)c1ccc3ccoc3c1)C2.[Cu][I]. The first-order valence-electron chi connectivity index (χ1n) is 45.2. The number of furan rings is 2. The molecule has 0 fully saturated rings. The van der Waals surface area contributed by atoms with Gasteiger partial charge in [0.1, 0.15) is 22.8 Å². The topological polar surface area (TPSA) is 477 Å². The second kappa shape index (κ2) is 63.1. The van der Waals surface area contributed by atoms with E-state index in [1.165, 1.54) is 42.7 Å². The molecule has 3 amide bonds. The normalized spacial score (nSPS) is 13.0. The molecule has 14 rings (SSSR count). The zero-order chi connectivity index (χ0) is 110. The number of benzene rings is 6. The number of azide groups is 1. The Morgan fingerprint density at radius 2 is 0.885 bits per heavy atom. The van der Waals surface area contributed by atoms with Gasteiger partial charge in [-0.25, -0.2) is 33.3 Å². The summed E-state index contributed by atoms with van der Waals surface area (Å²) in [7, 11) is 7.94. The number of amides is 3. The number of terminal acetylenes is 2. The fourth-order valence-corrected chi connectivity index (χ4v) is 17.2. The second-order valence-corrected chi connectivity index (χ2v) is 37.8. The molecule has 804 valence electrons. The van der Waals surface area contributed by atoms with Crippen LogP contribution in [0.15, 0.2) is 112 Å². The molecule has 4 aliphatic heterocycles. The molecule has 5 N–H and O–H groups in total. The van der Waals surface area contributed by atoms with Crippen LogP contribution in [0.2, 0.25) is 40.2 Å². The zero-order valence-corrected chi connectivity index (χ0v) is 94.3. The first kappa shape index (κ1) is 129. The van der Waals surface area contributed by atoms with Gasteiger partial charge in [-0.2, -0.15) is 0 Å². The fraction of sp³-hybridized carbons (Fsp3) is 0.416. The van der Waals surface area contributed by atoms with Crippen LogP contribution in [0.25, 0.3) is 32.4 Å². The van der Waals surface area contributed by atoms with Gasteiger partial charge in [0.25, 0.3) is 11.8 Å². The summed E-state index contributed by atoms with van der Waals surface area (Å²) < 4.78 is 47.3. The number of halogens is 10. The predicted molar refractivity (Wildman–Crippen MR) is 572 cm³/mol. The minimum absolute atomic E-state index is 0. The summed E-state index contributed by atoms with van der Waals surface area (Å²) in [5, 5.41) is 43.7. The van der Waals surface area contributed by atoms with Gasteiger partial charge < -0.3 is 78.0 Å². The van der Waals surface area contributed by atoms with Crippen molar-refractivity contribution < 1.29 is 118 Å². The van der Waals surface area contributed by atoms with E-state index in [1.54, 1.807) is 126 Å². The number of fused-ring (bicyclic) bond motifs is 6. The number of aromatic nitrogens is 6. The number of carboxylic acids is 2. The third-order valence-corrected chi connectivity index (χ3v) is 24.8. The average Bonchev–Trinajstić information content (AvgIpc) is 0.906. The first-order chi connectivity index (χ1) is 69.5. The molecule has 0 spiro atoms. The van der Waals surface area contributed by atoms with E-state index in [-0.39, 0.29) is 109 Å². The molecular formula is C101H117Cl9CuIN14O22. The Bertz CT molecular complexity index is 6380. The molecule has 36 nitrogen and oxygen atoms in total. The number of nitrogens with two attached hydrogens (primary N) is 1. The molecule has 148 heavy (non-hydrogen) atoms. The molecule has 0 saturated carbocycles. The van der Waals surface area contributed by atoms with Crippen molar-refractivity contribution in [1.29, 1.82) is 0 Å². The second-order valence-electron chi connectivity index (χ2n) is 34.7. The Labute approximate surface area is 923 Å². The van der Waals surface area contributed by atoms with Crippen LogP contribution in [0.1, 0.15) is 226 Å². The third kappa shape index (κ3) is 37.8. The number of carboxylic acid groups (broad SMARTS) is 2. The summed E-state index contributed by atoms with van der Waals surface area (Å²) in [6.07, 6.45) is 20.3. The van der Waals surface area contributed by atoms with E-state index in [0.717, 1.165) is 80.5 Å². The van der Waals surface area contributed by atoms with Crippen molar-refractivity contribution in [1.82, 2.24) is 50.0 Å². The van der Waals surface area contributed by atoms with Crippen molar-refractivity contribution in [2.24, 2.45) is 28.6 Å². The first-order valence-corrected chi connectivity index (χ1v) is 51.3. The number of hydrogen-bond acceptors (Lipinski definition) is 27. The quantitative estimate of drug-likeness (QED) is 0.00853. The van der Waals surface area contributed by atoms with Crippen LogP contribution in [-0.4, -0.2) is 207 Å². The number of methoxy groups -OCH3 is 6. The number of rotatable bonds is 19. The Balaban J connectivity index is 0.000000357. The van der Waals surface area contributed by atoms with Crippen LogP contribution in [0.5, 0.6) is 0 Å². The summed E-state index contributed by atoms with van der Waals surface area (Å²) in [6, 6.07) is 21.1. The van der Waals surface area contributed by atoms with E-state index in [1.807, 2.05) is 99.7 Å². The van der Waals surface area contributed by atoms with Gasteiger partial charge in [0.15, 0.2) is 0 Å². The van der Waals surface area contributed by atoms with Gasteiger partial charge in [0.05, 0.1) is 147 Å². The van der Waals surface area contributed by atoms with Crippen LogP contribution in [0.3, 0.4) is 0 Å². The van der Waals surface area contributed by atoms with Crippen molar-refractivity contribution in [3.05, 3.63) is 238 Å². The minimum atomic E-state index is -1.16. The Hall–Kier alpha value is -11.1. The maximum absolute atomic E-state index is 12.9. The molecule has 0 radical (unpaired) electrons. The molecular weight excluding hydrogens is 2270 g/mol. The van der Waals surface area contributed by atoms with Gasteiger partial charge in [0, 0.05) is 129 Å². The van der Waals surface area contributed by atoms with E-state index >= 15 is 0 Å². The number of esters is 6. The molecule has 4 aromatic heterocycles. The number of carbonyl (C=O) groups excluding carboxylic acids is 9. The van der Waals surface area contributed by atoms with Gasteiger partial charge in [-0.05, 0) is 191 Å². The van der Waals surface area contributed by atoms with E-state index in [0.29, 0.717) is 138 Å². The number of nitrogens with zero attached hydrogens (tertiary/aromatic N) is 12. The molecule has 4 atom stereocenters. The van der Waals surface area contributed by atoms with Crippen molar-refractivity contribution in [3.8, 4) is 24.7 Å². The van der Waals surface area contributed by atoms with E-state index < -0.39 is 53.4 Å². The summed E-state index contributed by atoms with van der Waals surface area (Å²) >= 11 is 55.5. The molecule has 0 bridgehead atoms. The van der Waals surface area contributed by atoms with E-state index in [4.69, 9.17) is 145 Å². The standard InChI is InChI=1S/C20H15Cl2NO4.C19H13Cl2NO4.C16H19Cl2NO4.C11H11Cl2NO2.C10H17N3O2.C9H16N4O2.C7H10O2.C6H8O2.C3H7N3.ClH.Cu.HI/c1-26-20(25)17-15(21)8-13-10-23(6-4-14(13)18(17)22)19(24)12-3-2-11-5-7-27-16(11)9-12;20-14-7-12-9-22(5-3-13(12)17(21)16(14)19(24)25)18(23)11-2-1-10-4-6-26-15(10)8-11;1-16(2,3)23-15(21)19-6-5-10-9(8-19)7-11(17)12(13(10)18)14(20)22-4;1-16-11(15)9-8(12)4-6-5-14-3-2-7(6)10(9)13;1-7(2)13-6-9(11-12-13)5-8(3)10(14)15-4;1-6(2)13-5-7(11-12-13)4-8(10)9(14)15-3;1-4-5-6(2)7(8)9-3;1-3-4-5(2)6(7)8;1-3(2)5-6-4;;;/h2-3,5,7-9H,4,6,10H2,1H3;1-2,4,6-8H,3,5,9H2,(H,24,25);7H,5-6,8H2,1-4H3;4,14H,2-3,5H2,1H3;6-8H,5H2,1-4H3;5-6,8H,4,10H2,1-3H3;1,6H,5H2,2-3H3;1,5H,4H2,2H3,(H,7,8);3H,1-2H3;1H;;1H/q;;;;;;;;;;+1;/p-1/t;;;;2*8-;6-;5-;;;;/m....0000..../s1. The van der Waals surface area contributed by atoms with Crippen LogP contribution in [0.4, 0.5) is 4.79 Å². The number of carbonyl (C=O) groups is 11. The van der Waals surface area contributed by atoms with Crippen molar-refractivity contribution in [2.45, 2.75) is 190 Å². The monoisotopic (exact) mass is 2380 g/mol. The Morgan fingerprint density at radius 1 is 0.520 bits per heavy atom. The zero-order valence-electron chi connectivity index (χ0n) is 84.4. The third-order valence-electron chi connectivity index (χ3n) is 21.9. The molecule has 4 aliphatic rings. The van der Waals surface area contributed by atoms with Crippen LogP contribution >= 0.6 is 126 Å². The van der Waals surface area contributed by atoms with E-state index in [2.05, 4.69) is 79.5 Å². The molecule has 47 heteroatoms. The average molecular weight is 2390 g/mol. The molecule has 0 aliphatic carbocycles. The van der Waals surface area contributed by atoms with Crippen LogP contribution in [0, 0.1) is 42.4 Å². The number of hydrogen-bond donors (Lipinski definition) is 4. The van der Waals surface area contributed by atoms with Gasteiger partial charge in [-0.1, -0.05) is 155 Å². The van der Waals surface area contributed by atoms with Crippen LogP contribution < -0.4 is 11.1 Å². The van der Waals surface area contributed by atoms with Crippen molar-refractivity contribution in [2.75, 3.05) is 68.8 Å². The maximum atomic E-state index is 12.9. The molecule has 10 aromatic rings. The van der Waals surface area contributed by atoms with Gasteiger partial charge in [-0.15, -0.1) is 47.3 Å².